The summed E-state index contributed by atoms with van der Waals surface area (Å²) in [5.41, 5.74) is 2.00. The maximum Gasteiger partial charge on any atom is 0.255 e. The third kappa shape index (κ3) is 3.66. The fraction of sp³-hybridized carbons (Fsp3) is 0.0667. The maximum atomic E-state index is 11.9. The lowest BCUT2D eigenvalue weighted by molar-refractivity contribution is 0.102. The number of carbonyl (C=O) groups excluding carboxylic acids is 1. The first-order valence-corrected chi connectivity index (χ1v) is 5.71. The van der Waals surface area contributed by atoms with Crippen LogP contribution < -0.4 is 5.32 Å². The zero-order valence-electron chi connectivity index (χ0n) is 10.1. The Morgan fingerprint density at radius 1 is 1.16 bits per heavy atom. The molecule has 1 aromatic heterocycles. The number of benzene rings is 1. The van der Waals surface area contributed by atoms with Crippen molar-refractivity contribution in [3.63, 3.8) is 0 Å². The molecule has 0 unspecified atom stereocenters. The van der Waals surface area contributed by atoms with Gasteiger partial charge in [0.15, 0.2) is 0 Å². The van der Waals surface area contributed by atoms with E-state index in [1.807, 2.05) is 0 Å². The molecule has 94 valence electrons. The molecule has 2 aromatic rings. The zero-order chi connectivity index (χ0) is 13.5. The summed E-state index contributed by atoms with van der Waals surface area (Å²) in [6.45, 7) is -0.176. The first-order valence-electron chi connectivity index (χ1n) is 5.71. The lowest BCUT2D eigenvalue weighted by Gasteiger charge is -2.04. The van der Waals surface area contributed by atoms with Gasteiger partial charge in [0.05, 0.1) is 0 Å². The normalized spacial score (nSPS) is 9.32. The van der Waals surface area contributed by atoms with Crippen molar-refractivity contribution in [1.82, 2.24) is 4.98 Å². The standard InChI is InChI=1S/C15H12N2O2/c18-11-1-2-12-3-5-13(6-4-12)15(19)17-14-7-9-16-10-8-14/h3-10,18H,11H2,(H,16,17,19). The van der Waals surface area contributed by atoms with E-state index in [-0.39, 0.29) is 12.5 Å². The van der Waals surface area contributed by atoms with Gasteiger partial charge in [-0.2, -0.15) is 0 Å². The second-order valence-electron chi connectivity index (χ2n) is 3.73. The van der Waals surface area contributed by atoms with E-state index in [9.17, 15) is 4.79 Å². The maximum absolute atomic E-state index is 11.9. The Kier molecular flexibility index (Phi) is 4.27. The van der Waals surface area contributed by atoms with Crippen LogP contribution in [0.3, 0.4) is 0 Å². The molecule has 2 N–H and O–H groups in total. The Morgan fingerprint density at radius 3 is 2.47 bits per heavy atom. The highest BCUT2D eigenvalue weighted by atomic mass is 16.2. The number of anilines is 1. The summed E-state index contributed by atoms with van der Waals surface area (Å²) in [5, 5.41) is 11.4. The van der Waals surface area contributed by atoms with Gasteiger partial charge in [0.1, 0.15) is 6.61 Å². The van der Waals surface area contributed by atoms with Gasteiger partial charge in [-0.1, -0.05) is 11.8 Å². The van der Waals surface area contributed by atoms with Gasteiger partial charge >= 0.3 is 0 Å². The third-order valence-electron chi connectivity index (χ3n) is 2.40. The molecule has 0 fully saturated rings. The molecular weight excluding hydrogens is 240 g/mol. The lowest BCUT2D eigenvalue weighted by Crippen LogP contribution is -2.11. The van der Waals surface area contributed by atoms with Crippen LogP contribution in [0, 0.1) is 11.8 Å². The Morgan fingerprint density at radius 2 is 1.84 bits per heavy atom. The monoisotopic (exact) mass is 252 g/mol. The minimum Gasteiger partial charge on any atom is -0.384 e. The highest BCUT2D eigenvalue weighted by Gasteiger charge is 2.05. The first kappa shape index (κ1) is 12.8. The van der Waals surface area contributed by atoms with Crippen LogP contribution in [0.5, 0.6) is 0 Å². The Hall–Kier alpha value is -2.64. The molecule has 1 amide bonds. The van der Waals surface area contributed by atoms with Gasteiger partial charge < -0.3 is 10.4 Å². The molecule has 1 heterocycles. The predicted molar refractivity (Wildman–Crippen MR) is 72.6 cm³/mol. The van der Waals surface area contributed by atoms with Gasteiger partial charge in [-0.05, 0) is 36.4 Å². The minimum absolute atomic E-state index is 0.176. The van der Waals surface area contributed by atoms with Crippen LogP contribution >= 0.6 is 0 Å². The molecule has 1 aromatic carbocycles. The summed E-state index contributed by atoms with van der Waals surface area (Å²) < 4.78 is 0. The summed E-state index contributed by atoms with van der Waals surface area (Å²) in [4.78, 5) is 15.8. The van der Waals surface area contributed by atoms with E-state index < -0.39 is 0 Å². The number of rotatable bonds is 2. The van der Waals surface area contributed by atoms with E-state index in [0.29, 0.717) is 11.3 Å². The Bertz CT molecular complexity index is 610. The van der Waals surface area contributed by atoms with Crippen molar-refractivity contribution < 1.29 is 9.90 Å². The summed E-state index contributed by atoms with van der Waals surface area (Å²) in [7, 11) is 0. The van der Waals surface area contributed by atoms with Gasteiger partial charge in [-0.3, -0.25) is 9.78 Å². The molecule has 0 radical (unpaired) electrons. The molecule has 0 saturated heterocycles. The molecule has 0 aliphatic rings. The van der Waals surface area contributed by atoms with E-state index >= 15 is 0 Å². The highest BCUT2D eigenvalue weighted by molar-refractivity contribution is 6.04. The van der Waals surface area contributed by atoms with Crippen molar-refractivity contribution in [3.05, 3.63) is 59.9 Å². The van der Waals surface area contributed by atoms with Crippen molar-refractivity contribution in [1.29, 1.82) is 0 Å². The van der Waals surface area contributed by atoms with Crippen molar-refractivity contribution in [2.45, 2.75) is 0 Å². The summed E-state index contributed by atoms with van der Waals surface area (Å²) in [6, 6.07) is 10.3. The smallest absolute Gasteiger partial charge is 0.255 e. The molecule has 19 heavy (non-hydrogen) atoms. The fourth-order valence-electron chi connectivity index (χ4n) is 1.49. The average Bonchev–Trinajstić information content (AvgIpc) is 2.46. The van der Waals surface area contributed by atoms with Crippen LogP contribution in [0.4, 0.5) is 5.69 Å². The van der Waals surface area contributed by atoms with Crippen molar-refractivity contribution >= 4 is 11.6 Å². The number of amides is 1. The van der Waals surface area contributed by atoms with Crippen molar-refractivity contribution in [2.24, 2.45) is 0 Å². The van der Waals surface area contributed by atoms with E-state index in [4.69, 9.17) is 5.11 Å². The first-order chi connectivity index (χ1) is 9.29. The Labute approximate surface area is 111 Å². The topological polar surface area (TPSA) is 62.2 Å². The number of aliphatic hydroxyl groups is 1. The predicted octanol–water partition coefficient (Wildman–Crippen LogP) is 1.68. The SMILES string of the molecule is O=C(Nc1ccncc1)c1ccc(C#CCO)cc1. The van der Waals surface area contributed by atoms with E-state index in [1.54, 1.807) is 48.8 Å². The summed E-state index contributed by atoms with van der Waals surface area (Å²) >= 11 is 0. The second kappa shape index (κ2) is 6.34. The lowest BCUT2D eigenvalue weighted by atomic mass is 10.1. The van der Waals surface area contributed by atoms with Gasteiger partial charge in [0.25, 0.3) is 5.91 Å². The average molecular weight is 252 g/mol. The van der Waals surface area contributed by atoms with Gasteiger partial charge in [-0.25, -0.2) is 0 Å². The minimum atomic E-state index is -0.187. The van der Waals surface area contributed by atoms with Crippen LogP contribution in [-0.2, 0) is 0 Å². The third-order valence-corrected chi connectivity index (χ3v) is 2.40. The number of hydrogen-bond acceptors (Lipinski definition) is 3. The van der Waals surface area contributed by atoms with E-state index in [2.05, 4.69) is 22.1 Å². The van der Waals surface area contributed by atoms with Gasteiger partial charge in [-0.15, -0.1) is 0 Å². The van der Waals surface area contributed by atoms with Crippen LogP contribution in [-0.4, -0.2) is 22.6 Å². The number of pyridine rings is 1. The molecule has 0 spiro atoms. The highest BCUT2D eigenvalue weighted by Crippen LogP contribution is 2.08. The van der Waals surface area contributed by atoms with Crippen LogP contribution in [0.1, 0.15) is 15.9 Å². The molecule has 4 heteroatoms. The number of carbonyl (C=O) groups is 1. The van der Waals surface area contributed by atoms with E-state index in [0.717, 1.165) is 5.56 Å². The number of aliphatic hydroxyl groups excluding tert-OH is 1. The van der Waals surface area contributed by atoms with Crippen molar-refractivity contribution in [3.8, 4) is 11.8 Å². The summed E-state index contributed by atoms with van der Waals surface area (Å²) in [5.74, 6) is 5.13. The van der Waals surface area contributed by atoms with Crippen LogP contribution in [0.15, 0.2) is 48.8 Å². The van der Waals surface area contributed by atoms with Gasteiger partial charge in [0.2, 0.25) is 0 Å². The van der Waals surface area contributed by atoms with Crippen molar-refractivity contribution in [2.75, 3.05) is 11.9 Å². The second-order valence-corrected chi connectivity index (χ2v) is 3.73. The van der Waals surface area contributed by atoms with E-state index in [1.165, 1.54) is 0 Å². The quantitative estimate of drug-likeness (QED) is 0.799. The molecule has 2 rings (SSSR count). The van der Waals surface area contributed by atoms with Gasteiger partial charge in [0, 0.05) is 29.2 Å². The molecule has 0 aliphatic carbocycles. The molecule has 0 aliphatic heterocycles. The summed E-state index contributed by atoms with van der Waals surface area (Å²) in [6.07, 6.45) is 3.23. The largest absolute Gasteiger partial charge is 0.384 e. The number of aromatic nitrogens is 1. The van der Waals surface area contributed by atoms with Crippen LogP contribution in [0.2, 0.25) is 0 Å². The number of hydrogen-bond donors (Lipinski definition) is 2. The number of nitrogens with one attached hydrogen (secondary N) is 1. The molecule has 0 atom stereocenters. The fourth-order valence-corrected chi connectivity index (χ4v) is 1.49. The molecule has 4 nitrogen and oxygen atoms in total. The van der Waals surface area contributed by atoms with Crippen LogP contribution in [0.25, 0.3) is 0 Å². The molecule has 0 saturated carbocycles. The zero-order valence-corrected chi connectivity index (χ0v) is 10.1. The number of nitrogens with zero attached hydrogens (tertiary/aromatic N) is 1. The molecular formula is C15H12N2O2. The Balaban J connectivity index is 2.08. The molecule has 0 bridgehead atoms.